The molecule has 34 heavy (non-hydrogen) atoms. The van der Waals surface area contributed by atoms with E-state index in [2.05, 4.69) is 26.0 Å². The zero-order valence-corrected chi connectivity index (χ0v) is 22.0. The van der Waals surface area contributed by atoms with Crippen LogP contribution in [0.5, 0.6) is 0 Å². The molecule has 0 saturated carbocycles. The van der Waals surface area contributed by atoms with Crippen LogP contribution in [0.15, 0.2) is 76.1 Å². The van der Waals surface area contributed by atoms with Crippen LogP contribution in [0.1, 0.15) is 11.1 Å². The Morgan fingerprint density at radius 1 is 0.853 bits per heavy atom. The van der Waals surface area contributed by atoms with Crippen LogP contribution < -0.4 is 14.3 Å². The normalized spacial score (nSPS) is 11.6. The van der Waals surface area contributed by atoms with Crippen molar-refractivity contribution in [1.29, 1.82) is 0 Å². The number of hydrogen-bond acceptors (Lipinski definition) is 5. The maximum atomic E-state index is 12.6. The van der Waals surface area contributed by atoms with Crippen molar-refractivity contribution < 1.29 is 21.6 Å². The number of carbonyl (C=O) groups is 1. The molecular formula is C23H24BrN3O5S2. The smallest absolute Gasteiger partial charge is 0.261 e. The second kappa shape index (κ2) is 10.2. The Bertz CT molecular complexity index is 1390. The predicted octanol–water partition coefficient (Wildman–Crippen LogP) is 4.27. The molecule has 3 rings (SSSR count). The summed E-state index contributed by atoms with van der Waals surface area (Å²) >= 11 is 3.29. The highest BCUT2D eigenvalue weighted by molar-refractivity contribution is 9.10. The second-order valence-corrected chi connectivity index (χ2v) is 12.3. The van der Waals surface area contributed by atoms with Crippen LogP contribution in [-0.2, 0) is 24.8 Å². The molecule has 180 valence electrons. The van der Waals surface area contributed by atoms with Crippen molar-refractivity contribution in [3.8, 4) is 0 Å². The van der Waals surface area contributed by atoms with E-state index in [0.29, 0.717) is 17.1 Å². The number of benzene rings is 3. The standard InChI is InChI=1S/C23H24BrN3O5S2/c1-16-12-17(2)14-21(13-16)27(33(3,29)30)15-23(28)25-19-8-10-22(11-9-19)34(31,32)26-20-6-4-18(24)5-7-20/h4-14,26H,15H2,1-3H3,(H,25,28). The highest BCUT2D eigenvalue weighted by atomic mass is 79.9. The summed E-state index contributed by atoms with van der Waals surface area (Å²) in [7, 11) is -7.53. The lowest BCUT2D eigenvalue weighted by atomic mass is 10.1. The molecule has 3 aromatic rings. The van der Waals surface area contributed by atoms with Gasteiger partial charge in [-0.15, -0.1) is 0 Å². The van der Waals surface area contributed by atoms with Gasteiger partial charge < -0.3 is 5.32 Å². The van der Waals surface area contributed by atoms with Gasteiger partial charge in [-0.05, 0) is 85.6 Å². The molecule has 0 aliphatic carbocycles. The number of amides is 1. The summed E-state index contributed by atoms with van der Waals surface area (Å²) in [6.45, 7) is 3.27. The Kier molecular flexibility index (Phi) is 7.69. The van der Waals surface area contributed by atoms with Gasteiger partial charge in [-0.2, -0.15) is 0 Å². The summed E-state index contributed by atoms with van der Waals surface area (Å²) in [5.74, 6) is -0.562. The second-order valence-electron chi connectivity index (χ2n) is 7.80. The van der Waals surface area contributed by atoms with Crippen molar-refractivity contribution in [2.75, 3.05) is 27.1 Å². The van der Waals surface area contributed by atoms with Gasteiger partial charge in [-0.25, -0.2) is 16.8 Å². The molecule has 0 aliphatic heterocycles. The highest BCUT2D eigenvalue weighted by Crippen LogP contribution is 2.22. The number of carbonyl (C=O) groups excluding carboxylic acids is 1. The summed E-state index contributed by atoms with van der Waals surface area (Å²) in [5, 5.41) is 2.61. The van der Waals surface area contributed by atoms with Crippen LogP contribution in [0.25, 0.3) is 0 Å². The summed E-state index contributed by atoms with van der Waals surface area (Å²) in [4.78, 5) is 12.6. The fraction of sp³-hybridized carbons (Fsp3) is 0.174. The Hall–Kier alpha value is -2.89. The third-order valence-electron chi connectivity index (χ3n) is 4.73. The van der Waals surface area contributed by atoms with E-state index in [9.17, 15) is 21.6 Å². The fourth-order valence-electron chi connectivity index (χ4n) is 3.28. The first kappa shape index (κ1) is 25.7. The molecule has 0 radical (unpaired) electrons. The number of rotatable bonds is 8. The molecule has 0 atom stereocenters. The highest BCUT2D eigenvalue weighted by Gasteiger charge is 2.22. The van der Waals surface area contributed by atoms with E-state index in [4.69, 9.17) is 0 Å². The first-order valence-corrected chi connectivity index (χ1v) is 14.2. The van der Waals surface area contributed by atoms with E-state index in [-0.39, 0.29) is 4.90 Å². The van der Waals surface area contributed by atoms with Gasteiger partial charge in [-0.3, -0.25) is 13.8 Å². The van der Waals surface area contributed by atoms with Crippen LogP contribution in [0.4, 0.5) is 17.1 Å². The third-order valence-corrected chi connectivity index (χ3v) is 7.79. The molecule has 11 heteroatoms. The lowest BCUT2D eigenvalue weighted by Gasteiger charge is -2.23. The van der Waals surface area contributed by atoms with Gasteiger partial charge in [-0.1, -0.05) is 22.0 Å². The topological polar surface area (TPSA) is 113 Å². The number of halogens is 1. The van der Waals surface area contributed by atoms with E-state index < -0.39 is 32.5 Å². The van der Waals surface area contributed by atoms with E-state index in [1.54, 1.807) is 36.4 Å². The van der Waals surface area contributed by atoms with Gasteiger partial charge in [0.25, 0.3) is 10.0 Å². The molecule has 0 heterocycles. The Labute approximate surface area is 208 Å². The van der Waals surface area contributed by atoms with Crippen molar-refractivity contribution in [2.45, 2.75) is 18.7 Å². The molecule has 0 aromatic heterocycles. The number of hydrogen-bond donors (Lipinski definition) is 2. The Morgan fingerprint density at radius 3 is 1.91 bits per heavy atom. The minimum Gasteiger partial charge on any atom is -0.325 e. The van der Waals surface area contributed by atoms with Crippen molar-refractivity contribution in [3.63, 3.8) is 0 Å². The molecule has 0 saturated heterocycles. The van der Waals surface area contributed by atoms with E-state index in [1.807, 2.05) is 19.9 Å². The third kappa shape index (κ3) is 6.81. The number of nitrogens with one attached hydrogen (secondary N) is 2. The molecule has 0 aliphatic rings. The van der Waals surface area contributed by atoms with Crippen LogP contribution in [0.3, 0.4) is 0 Å². The molecule has 0 unspecified atom stereocenters. The molecule has 3 aromatic carbocycles. The van der Waals surface area contributed by atoms with Gasteiger partial charge >= 0.3 is 0 Å². The lowest BCUT2D eigenvalue weighted by molar-refractivity contribution is -0.114. The van der Waals surface area contributed by atoms with Gasteiger partial charge in [0.15, 0.2) is 0 Å². The predicted molar refractivity (Wildman–Crippen MR) is 138 cm³/mol. The average Bonchev–Trinajstić information content (AvgIpc) is 2.72. The van der Waals surface area contributed by atoms with Crippen molar-refractivity contribution >= 4 is 58.9 Å². The quantitative estimate of drug-likeness (QED) is 0.423. The van der Waals surface area contributed by atoms with Crippen molar-refractivity contribution in [2.24, 2.45) is 0 Å². The maximum Gasteiger partial charge on any atom is 0.261 e. The molecule has 8 nitrogen and oxygen atoms in total. The zero-order valence-electron chi connectivity index (χ0n) is 18.7. The number of nitrogens with zero attached hydrogens (tertiary/aromatic N) is 1. The van der Waals surface area contributed by atoms with Crippen LogP contribution >= 0.6 is 15.9 Å². The van der Waals surface area contributed by atoms with Crippen LogP contribution in [-0.4, -0.2) is 35.5 Å². The van der Waals surface area contributed by atoms with Crippen LogP contribution in [0, 0.1) is 13.8 Å². The molecule has 0 fully saturated rings. The Morgan fingerprint density at radius 2 is 1.38 bits per heavy atom. The maximum absolute atomic E-state index is 12.6. The first-order valence-electron chi connectivity index (χ1n) is 10.1. The largest absolute Gasteiger partial charge is 0.325 e. The molecule has 2 N–H and O–H groups in total. The van der Waals surface area contributed by atoms with Gasteiger partial charge in [0.05, 0.1) is 16.8 Å². The zero-order chi connectivity index (χ0) is 25.1. The molecule has 0 spiro atoms. The summed E-state index contributed by atoms with van der Waals surface area (Å²) in [6, 6.07) is 17.6. The summed E-state index contributed by atoms with van der Waals surface area (Å²) < 4.78 is 54.2. The average molecular weight is 566 g/mol. The van der Waals surface area contributed by atoms with Gasteiger partial charge in [0.2, 0.25) is 15.9 Å². The number of sulfonamides is 2. The monoisotopic (exact) mass is 565 g/mol. The molecule has 0 bridgehead atoms. The van der Waals surface area contributed by atoms with Gasteiger partial charge in [0, 0.05) is 15.8 Å². The first-order chi connectivity index (χ1) is 15.8. The van der Waals surface area contributed by atoms with Crippen molar-refractivity contribution in [1.82, 2.24) is 0 Å². The Balaban J connectivity index is 1.72. The summed E-state index contributed by atoms with van der Waals surface area (Å²) in [5.41, 5.74) is 2.89. The van der Waals surface area contributed by atoms with Gasteiger partial charge in [0.1, 0.15) is 6.54 Å². The van der Waals surface area contributed by atoms with E-state index in [0.717, 1.165) is 26.2 Å². The fourth-order valence-corrected chi connectivity index (χ4v) is 5.44. The van der Waals surface area contributed by atoms with Crippen LogP contribution in [0.2, 0.25) is 0 Å². The minimum absolute atomic E-state index is 0.0152. The van der Waals surface area contributed by atoms with E-state index in [1.165, 1.54) is 24.3 Å². The summed E-state index contributed by atoms with van der Waals surface area (Å²) in [6.07, 6.45) is 1.04. The van der Waals surface area contributed by atoms with E-state index >= 15 is 0 Å². The SMILES string of the molecule is Cc1cc(C)cc(N(CC(=O)Nc2ccc(S(=O)(=O)Nc3ccc(Br)cc3)cc2)S(C)(=O)=O)c1. The lowest BCUT2D eigenvalue weighted by Crippen LogP contribution is -2.37. The number of aryl methyl sites for hydroxylation is 2. The number of anilines is 3. The minimum atomic E-state index is -3.82. The van der Waals surface area contributed by atoms with Crippen molar-refractivity contribution in [3.05, 3.63) is 82.3 Å². The molecule has 1 amide bonds. The molecular weight excluding hydrogens is 542 g/mol.